The summed E-state index contributed by atoms with van der Waals surface area (Å²) >= 11 is 0. The molecule has 2 unspecified atom stereocenters. The highest BCUT2D eigenvalue weighted by molar-refractivity contribution is 5.86. The highest BCUT2D eigenvalue weighted by Gasteiger charge is 2.33. The van der Waals surface area contributed by atoms with Crippen LogP contribution in [-0.4, -0.2) is 35.6 Å². The van der Waals surface area contributed by atoms with Crippen LogP contribution in [0.2, 0.25) is 0 Å². The van der Waals surface area contributed by atoms with Gasteiger partial charge in [0.15, 0.2) is 0 Å². The Bertz CT molecular complexity index is 382. The van der Waals surface area contributed by atoms with E-state index in [9.17, 15) is 4.79 Å². The molecule has 0 saturated carbocycles. The molecule has 1 aliphatic heterocycles. The molecule has 3 N–H and O–H groups in total. The monoisotopic (exact) mass is 206 g/mol. The van der Waals surface area contributed by atoms with E-state index < -0.39 is 5.97 Å². The number of nitrogens with two attached hydrogens (primary N) is 1. The standard InChI is InChI=1S/C11H14N2O2/c1-13-9-4-7(6-12)2-3-8(9)5-10(13)11(14)15/h2-5,8-9H,6,12H2,1H3,(H,14,15). The maximum Gasteiger partial charge on any atom is 0.351 e. The smallest absolute Gasteiger partial charge is 0.351 e. The van der Waals surface area contributed by atoms with Gasteiger partial charge in [-0.3, -0.25) is 0 Å². The number of hydrogen-bond acceptors (Lipinski definition) is 3. The average Bonchev–Trinajstić information content (AvgIpc) is 2.56. The molecule has 15 heavy (non-hydrogen) atoms. The summed E-state index contributed by atoms with van der Waals surface area (Å²) in [7, 11) is 1.80. The highest BCUT2D eigenvalue weighted by atomic mass is 16.4. The van der Waals surface area contributed by atoms with Crippen LogP contribution in [0.15, 0.2) is 35.6 Å². The second-order valence-corrected chi connectivity index (χ2v) is 3.84. The molecule has 80 valence electrons. The number of aliphatic carboxylic acids is 1. The van der Waals surface area contributed by atoms with Crippen molar-refractivity contribution >= 4 is 5.97 Å². The van der Waals surface area contributed by atoms with Crippen LogP contribution in [0, 0.1) is 5.92 Å². The lowest BCUT2D eigenvalue weighted by atomic mass is 9.93. The molecule has 0 radical (unpaired) electrons. The van der Waals surface area contributed by atoms with Crippen LogP contribution >= 0.6 is 0 Å². The summed E-state index contributed by atoms with van der Waals surface area (Å²) in [6.45, 7) is 0.496. The van der Waals surface area contributed by atoms with Crippen molar-refractivity contribution in [1.82, 2.24) is 4.90 Å². The molecule has 1 heterocycles. The second kappa shape index (κ2) is 3.55. The molecular formula is C11H14N2O2. The molecule has 2 atom stereocenters. The van der Waals surface area contributed by atoms with Gasteiger partial charge in [-0.2, -0.15) is 0 Å². The van der Waals surface area contributed by atoms with Gasteiger partial charge in [-0.25, -0.2) is 4.79 Å². The van der Waals surface area contributed by atoms with Gasteiger partial charge < -0.3 is 15.7 Å². The number of carbonyl (C=O) groups is 1. The largest absolute Gasteiger partial charge is 0.477 e. The Hall–Kier alpha value is -1.55. The molecule has 4 heteroatoms. The first-order valence-electron chi connectivity index (χ1n) is 4.90. The lowest BCUT2D eigenvalue weighted by Crippen LogP contribution is -2.32. The SMILES string of the molecule is CN1C(C(=O)O)=CC2C=CC(CN)=CC21. The van der Waals surface area contributed by atoms with Crippen molar-refractivity contribution in [1.29, 1.82) is 0 Å². The van der Waals surface area contributed by atoms with Crippen LogP contribution in [0.25, 0.3) is 0 Å². The Kier molecular flexibility index (Phi) is 2.36. The van der Waals surface area contributed by atoms with E-state index in [0.29, 0.717) is 12.2 Å². The average molecular weight is 206 g/mol. The molecule has 2 rings (SSSR count). The summed E-state index contributed by atoms with van der Waals surface area (Å²) in [5.74, 6) is -0.709. The van der Waals surface area contributed by atoms with Crippen LogP contribution < -0.4 is 5.73 Å². The summed E-state index contributed by atoms with van der Waals surface area (Å²) in [5, 5.41) is 8.97. The summed E-state index contributed by atoms with van der Waals surface area (Å²) in [5.41, 5.74) is 6.98. The maximum atomic E-state index is 10.9. The highest BCUT2D eigenvalue weighted by Crippen LogP contribution is 2.31. The quantitative estimate of drug-likeness (QED) is 0.683. The van der Waals surface area contributed by atoms with Gasteiger partial charge in [0.25, 0.3) is 0 Å². The van der Waals surface area contributed by atoms with Crippen LogP contribution in [0.4, 0.5) is 0 Å². The number of nitrogens with zero attached hydrogens (tertiary/aromatic N) is 1. The minimum absolute atomic E-state index is 0.111. The number of fused-ring (bicyclic) bond motifs is 1. The van der Waals surface area contributed by atoms with Gasteiger partial charge in [-0.05, 0) is 11.6 Å². The first-order valence-corrected chi connectivity index (χ1v) is 4.90. The minimum Gasteiger partial charge on any atom is -0.477 e. The normalized spacial score (nSPS) is 28.5. The molecular weight excluding hydrogens is 192 g/mol. The molecule has 2 aliphatic rings. The van der Waals surface area contributed by atoms with Gasteiger partial charge >= 0.3 is 5.97 Å². The predicted octanol–water partition coefficient (Wildman–Crippen LogP) is 0.340. The van der Waals surface area contributed by atoms with E-state index in [1.165, 1.54) is 0 Å². The van der Waals surface area contributed by atoms with Crippen LogP contribution in [-0.2, 0) is 4.79 Å². The van der Waals surface area contributed by atoms with Crippen molar-refractivity contribution in [2.45, 2.75) is 6.04 Å². The maximum absolute atomic E-state index is 10.9. The van der Waals surface area contributed by atoms with Gasteiger partial charge in [-0.1, -0.05) is 18.2 Å². The fourth-order valence-electron chi connectivity index (χ4n) is 2.08. The van der Waals surface area contributed by atoms with E-state index in [1.807, 2.05) is 18.2 Å². The first-order chi connectivity index (χ1) is 7.13. The Labute approximate surface area is 88.4 Å². The van der Waals surface area contributed by atoms with Gasteiger partial charge in [-0.15, -0.1) is 0 Å². The van der Waals surface area contributed by atoms with E-state index in [2.05, 4.69) is 0 Å². The molecule has 0 aromatic rings. The number of likely N-dealkylation sites (N-methyl/N-ethyl adjacent to an activating group) is 1. The van der Waals surface area contributed by atoms with E-state index in [1.54, 1.807) is 18.0 Å². The second-order valence-electron chi connectivity index (χ2n) is 3.84. The Morgan fingerprint density at radius 3 is 2.93 bits per heavy atom. The van der Waals surface area contributed by atoms with Crippen molar-refractivity contribution < 1.29 is 9.90 Å². The number of rotatable bonds is 2. The van der Waals surface area contributed by atoms with Crippen LogP contribution in [0.5, 0.6) is 0 Å². The van der Waals surface area contributed by atoms with Crippen LogP contribution in [0.3, 0.4) is 0 Å². The molecule has 0 fully saturated rings. The predicted molar refractivity (Wildman–Crippen MR) is 57.0 cm³/mol. The third-order valence-corrected chi connectivity index (χ3v) is 2.94. The lowest BCUT2D eigenvalue weighted by molar-refractivity contribution is -0.134. The van der Waals surface area contributed by atoms with E-state index in [-0.39, 0.29) is 12.0 Å². The van der Waals surface area contributed by atoms with Gasteiger partial charge in [0.2, 0.25) is 0 Å². The van der Waals surface area contributed by atoms with Crippen molar-refractivity contribution in [2.24, 2.45) is 11.7 Å². The molecule has 1 aliphatic carbocycles. The van der Waals surface area contributed by atoms with Gasteiger partial charge in [0.1, 0.15) is 5.70 Å². The Morgan fingerprint density at radius 2 is 2.33 bits per heavy atom. The zero-order chi connectivity index (χ0) is 11.0. The molecule has 0 aromatic carbocycles. The summed E-state index contributed by atoms with van der Waals surface area (Å²) < 4.78 is 0. The Balaban J connectivity index is 2.27. The van der Waals surface area contributed by atoms with Crippen molar-refractivity contribution in [2.75, 3.05) is 13.6 Å². The minimum atomic E-state index is -0.872. The number of carboxylic acid groups (broad SMARTS) is 1. The lowest BCUT2D eigenvalue weighted by Gasteiger charge is -2.26. The summed E-state index contributed by atoms with van der Waals surface area (Å²) in [6, 6.07) is 0.111. The fraction of sp³-hybridized carbons (Fsp3) is 0.364. The molecule has 0 saturated heterocycles. The van der Waals surface area contributed by atoms with Gasteiger partial charge in [0.05, 0.1) is 6.04 Å². The van der Waals surface area contributed by atoms with E-state index in [0.717, 1.165) is 5.57 Å². The molecule has 4 nitrogen and oxygen atoms in total. The van der Waals surface area contributed by atoms with Gasteiger partial charge in [0, 0.05) is 19.5 Å². The third kappa shape index (κ3) is 1.57. The number of hydrogen-bond donors (Lipinski definition) is 2. The molecule has 0 spiro atoms. The van der Waals surface area contributed by atoms with E-state index in [4.69, 9.17) is 10.8 Å². The summed E-state index contributed by atoms with van der Waals surface area (Å²) in [4.78, 5) is 12.7. The first kappa shape index (κ1) is 9.98. The Morgan fingerprint density at radius 1 is 1.60 bits per heavy atom. The molecule has 0 aromatic heterocycles. The number of carboxylic acids is 1. The molecule has 0 bridgehead atoms. The van der Waals surface area contributed by atoms with Crippen LogP contribution in [0.1, 0.15) is 0 Å². The van der Waals surface area contributed by atoms with E-state index >= 15 is 0 Å². The van der Waals surface area contributed by atoms with Crippen molar-refractivity contribution in [3.05, 3.63) is 35.6 Å². The third-order valence-electron chi connectivity index (χ3n) is 2.94. The summed E-state index contributed by atoms with van der Waals surface area (Å²) in [6.07, 6.45) is 7.81. The zero-order valence-corrected chi connectivity index (χ0v) is 8.55. The zero-order valence-electron chi connectivity index (χ0n) is 8.55. The van der Waals surface area contributed by atoms with Crippen molar-refractivity contribution in [3.63, 3.8) is 0 Å². The van der Waals surface area contributed by atoms with Crippen molar-refractivity contribution in [3.8, 4) is 0 Å². The topological polar surface area (TPSA) is 66.6 Å². The fourth-order valence-corrected chi connectivity index (χ4v) is 2.08. The molecule has 0 amide bonds.